The minimum atomic E-state index is -0.1000. The fourth-order valence-corrected chi connectivity index (χ4v) is 5.43. The van der Waals surface area contributed by atoms with E-state index in [1.807, 2.05) is 41.3 Å². The van der Waals surface area contributed by atoms with Crippen molar-refractivity contribution in [1.29, 1.82) is 0 Å². The highest BCUT2D eigenvalue weighted by molar-refractivity contribution is 5.90. The largest absolute Gasteiger partial charge is 0.493 e. The fraction of sp³-hybridized carbons (Fsp3) is 0.379. The summed E-state index contributed by atoms with van der Waals surface area (Å²) in [5, 5.41) is 9.98. The molecule has 0 bridgehead atoms. The fourth-order valence-electron chi connectivity index (χ4n) is 5.43. The minimum Gasteiger partial charge on any atom is -0.493 e. The Labute approximate surface area is 212 Å². The molecule has 1 amide bonds. The average molecular weight is 489 g/mol. The van der Waals surface area contributed by atoms with Crippen LogP contribution in [0.5, 0.6) is 17.2 Å². The van der Waals surface area contributed by atoms with Crippen LogP contribution in [0, 0.1) is 5.41 Å². The van der Waals surface area contributed by atoms with Crippen molar-refractivity contribution >= 4 is 5.91 Å². The molecule has 2 saturated heterocycles. The van der Waals surface area contributed by atoms with Crippen LogP contribution >= 0.6 is 0 Å². The highest BCUT2D eigenvalue weighted by atomic mass is 16.5. The van der Waals surface area contributed by atoms with Crippen LogP contribution in [0.15, 0.2) is 72.9 Å². The average Bonchev–Trinajstić information content (AvgIpc) is 2.92. The molecule has 1 N–H and O–H groups in total. The summed E-state index contributed by atoms with van der Waals surface area (Å²) >= 11 is 0. The third kappa shape index (κ3) is 5.16. The zero-order valence-electron chi connectivity index (χ0n) is 20.8. The summed E-state index contributed by atoms with van der Waals surface area (Å²) in [5.41, 5.74) is 1.78. The van der Waals surface area contributed by atoms with Crippen LogP contribution in [0.25, 0.3) is 0 Å². The summed E-state index contributed by atoms with van der Waals surface area (Å²) in [6, 6.07) is 21.1. The second-order valence-electron chi connectivity index (χ2n) is 9.86. The summed E-state index contributed by atoms with van der Waals surface area (Å²) in [7, 11) is 1.66. The highest BCUT2D eigenvalue weighted by Gasteiger charge is 2.40. The topological polar surface area (TPSA) is 66.1 Å². The Morgan fingerprint density at radius 1 is 0.861 bits per heavy atom. The standard InChI is InChI=1S/C29H34N3O4/c1-35-26-11-4-5-12-27(26)36-25-10-3-2-8-23(25)22-30-18-13-29(14-19-30)15-20-31(21-16-29)28(33)24-9-6-7-17-32(24)34/h2-12,17,34H,13-16,18-22H2,1H3/q+1. The number of carbonyl (C=O) groups excluding carboxylic acids is 1. The molecule has 0 saturated carbocycles. The molecule has 3 heterocycles. The van der Waals surface area contributed by atoms with Gasteiger partial charge in [0.15, 0.2) is 11.5 Å². The van der Waals surface area contributed by atoms with Gasteiger partial charge in [0, 0.05) is 42.1 Å². The van der Waals surface area contributed by atoms with Gasteiger partial charge in [0.05, 0.1) is 7.11 Å². The molecular weight excluding hydrogens is 454 g/mol. The molecule has 0 unspecified atom stereocenters. The van der Waals surface area contributed by atoms with Gasteiger partial charge >= 0.3 is 11.6 Å². The molecule has 7 nitrogen and oxygen atoms in total. The normalized spacial score (nSPS) is 17.6. The van der Waals surface area contributed by atoms with Crippen molar-refractivity contribution in [3.63, 3.8) is 0 Å². The van der Waals surface area contributed by atoms with Crippen LogP contribution < -0.4 is 14.2 Å². The Morgan fingerprint density at radius 3 is 2.17 bits per heavy atom. The Bertz CT molecular complexity index is 1200. The predicted octanol–water partition coefficient (Wildman–Crippen LogP) is 4.53. The van der Waals surface area contributed by atoms with Crippen molar-refractivity contribution in [2.24, 2.45) is 5.41 Å². The van der Waals surface area contributed by atoms with Gasteiger partial charge in [0.1, 0.15) is 5.75 Å². The van der Waals surface area contributed by atoms with Crippen molar-refractivity contribution in [2.45, 2.75) is 32.2 Å². The van der Waals surface area contributed by atoms with E-state index in [0.717, 1.165) is 74.6 Å². The maximum Gasteiger partial charge on any atom is 0.323 e. The third-order valence-corrected chi connectivity index (χ3v) is 7.74. The zero-order valence-corrected chi connectivity index (χ0v) is 20.8. The number of hydrogen-bond donors (Lipinski definition) is 1. The lowest BCUT2D eigenvalue weighted by molar-refractivity contribution is -0.906. The van der Waals surface area contributed by atoms with Crippen LogP contribution in [0.2, 0.25) is 0 Å². The number of benzene rings is 2. The first kappa shape index (κ1) is 24.1. The number of piperidine rings is 2. The SMILES string of the molecule is COc1ccccc1Oc1ccccc1CN1CCC2(CC1)CCN(C(=O)c1cccc[n+]1O)CC2. The number of hydrogen-bond acceptors (Lipinski definition) is 5. The number of pyridine rings is 1. The summed E-state index contributed by atoms with van der Waals surface area (Å²) in [6.45, 7) is 4.39. The van der Waals surface area contributed by atoms with Crippen molar-refractivity contribution < 1.29 is 24.2 Å². The predicted molar refractivity (Wildman–Crippen MR) is 135 cm³/mol. The minimum absolute atomic E-state index is 0.1000. The van der Waals surface area contributed by atoms with Gasteiger partial charge in [0.25, 0.3) is 0 Å². The molecule has 2 aromatic carbocycles. The molecule has 2 fully saturated rings. The van der Waals surface area contributed by atoms with Crippen LogP contribution in [0.4, 0.5) is 0 Å². The van der Waals surface area contributed by atoms with E-state index in [9.17, 15) is 10.0 Å². The molecule has 2 aliphatic rings. The monoisotopic (exact) mass is 488 g/mol. The molecular formula is C29H34N3O4+. The van der Waals surface area contributed by atoms with E-state index in [2.05, 4.69) is 17.0 Å². The van der Waals surface area contributed by atoms with Crippen molar-refractivity contribution in [2.75, 3.05) is 33.3 Å². The lowest BCUT2D eigenvalue weighted by Crippen LogP contribution is -2.50. The van der Waals surface area contributed by atoms with E-state index in [0.29, 0.717) is 16.9 Å². The maximum absolute atomic E-state index is 12.9. The summed E-state index contributed by atoms with van der Waals surface area (Å²) < 4.78 is 12.6. The van der Waals surface area contributed by atoms with Gasteiger partial charge in [-0.2, -0.15) is 0 Å². The van der Waals surface area contributed by atoms with Gasteiger partial charge in [-0.05, 0) is 68.5 Å². The van der Waals surface area contributed by atoms with Crippen molar-refractivity contribution in [1.82, 2.24) is 9.80 Å². The van der Waals surface area contributed by atoms with Crippen LogP contribution in [-0.2, 0) is 6.54 Å². The lowest BCUT2D eigenvalue weighted by Gasteiger charge is -2.46. The Kier molecular flexibility index (Phi) is 7.09. The zero-order chi connectivity index (χ0) is 25.0. The number of nitrogens with zero attached hydrogens (tertiary/aromatic N) is 3. The molecule has 0 atom stereocenters. The molecule has 2 aliphatic heterocycles. The van der Waals surface area contributed by atoms with Gasteiger partial charge in [-0.15, -0.1) is 0 Å². The number of amides is 1. The maximum atomic E-state index is 12.9. The van der Waals surface area contributed by atoms with E-state index in [1.165, 1.54) is 11.8 Å². The molecule has 5 rings (SSSR count). The highest BCUT2D eigenvalue weighted by Crippen LogP contribution is 2.42. The molecule has 0 radical (unpaired) electrons. The van der Waals surface area contributed by atoms with Gasteiger partial charge < -0.3 is 14.4 Å². The van der Waals surface area contributed by atoms with E-state index in [4.69, 9.17) is 9.47 Å². The van der Waals surface area contributed by atoms with Gasteiger partial charge in [-0.1, -0.05) is 30.3 Å². The molecule has 3 aromatic rings. The van der Waals surface area contributed by atoms with Gasteiger partial charge in [0.2, 0.25) is 6.20 Å². The molecule has 0 aliphatic carbocycles. The Morgan fingerprint density at radius 2 is 1.47 bits per heavy atom. The molecule has 188 valence electrons. The first-order valence-corrected chi connectivity index (χ1v) is 12.7. The van der Waals surface area contributed by atoms with E-state index in [-0.39, 0.29) is 5.91 Å². The number of ether oxygens (including phenoxy) is 2. The van der Waals surface area contributed by atoms with Gasteiger partial charge in [-0.25, -0.2) is 0 Å². The van der Waals surface area contributed by atoms with Crippen molar-refractivity contribution in [3.8, 4) is 17.2 Å². The van der Waals surface area contributed by atoms with E-state index >= 15 is 0 Å². The lowest BCUT2D eigenvalue weighted by atomic mass is 9.71. The number of para-hydroxylation sites is 3. The summed E-state index contributed by atoms with van der Waals surface area (Å²) in [4.78, 5) is 17.3. The second-order valence-corrected chi connectivity index (χ2v) is 9.86. The van der Waals surface area contributed by atoms with E-state index in [1.54, 1.807) is 25.3 Å². The summed E-state index contributed by atoms with van der Waals surface area (Å²) in [6.07, 6.45) is 5.79. The van der Waals surface area contributed by atoms with E-state index < -0.39 is 0 Å². The molecule has 1 spiro atoms. The van der Waals surface area contributed by atoms with Crippen molar-refractivity contribution in [3.05, 3.63) is 84.2 Å². The first-order valence-electron chi connectivity index (χ1n) is 12.7. The molecule has 1 aromatic heterocycles. The number of methoxy groups -OCH3 is 1. The quantitative estimate of drug-likeness (QED) is 0.408. The van der Waals surface area contributed by atoms with Crippen LogP contribution in [0.3, 0.4) is 0 Å². The molecule has 36 heavy (non-hydrogen) atoms. The first-order chi connectivity index (χ1) is 17.6. The number of aromatic nitrogens is 1. The number of rotatable bonds is 6. The number of likely N-dealkylation sites (tertiary alicyclic amines) is 2. The van der Waals surface area contributed by atoms with Crippen LogP contribution in [0.1, 0.15) is 41.7 Å². The Hall–Kier alpha value is -3.58. The molecule has 7 heteroatoms. The smallest absolute Gasteiger partial charge is 0.323 e. The van der Waals surface area contributed by atoms with Crippen LogP contribution in [-0.4, -0.2) is 54.2 Å². The van der Waals surface area contributed by atoms with Gasteiger partial charge in [-0.3, -0.25) is 14.9 Å². The Balaban J connectivity index is 1.17. The third-order valence-electron chi connectivity index (χ3n) is 7.74. The number of carbonyl (C=O) groups is 1. The summed E-state index contributed by atoms with van der Waals surface area (Å²) in [5.74, 6) is 2.19. The second kappa shape index (κ2) is 10.6.